The maximum atomic E-state index is 5.97. The van der Waals surface area contributed by atoms with Gasteiger partial charge in [-0.1, -0.05) is 27.2 Å². The molecule has 2 aromatic rings. The summed E-state index contributed by atoms with van der Waals surface area (Å²) in [6.45, 7) is 12.8. The van der Waals surface area contributed by atoms with Gasteiger partial charge in [0, 0.05) is 17.7 Å². The molecule has 2 rings (SSSR count). The van der Waals surface area contributed by atoms with Gasteiger partial charge in [0.25, 0.3) is 0 Å². The lowest BCUT2D eigenvalue weighted by Gasteiger charge is -2.18. The summed E-state index contributed by atoms with van der Waals surface area (Å²) in [6, 6.07) is 6.52. The van der Waals surface area contributed by atoms with Crippen LogP contribution in [0.5, 0.6) is 5.75 Å². The molecule has 0 amide bonds. The molecule has 0 saturated heterocycles. The maximum Gasteiger partial charge on any atom is 0.120 e. The lowest BCUT2D eigenvalue weighted by Crippen LogP contribution is -2.19. The third kappa shape index (κ3) is 5.60. The van der Waals surface area contributed by atoms with Crippen molar-refractivity contribution < 1.29 is 4.74 Å². The van der Waals surface area contributed by atoms with Crippen molar-refractivity contribution in [3.05, 3.63) is 35.5 Å². The highest BCUT2D eigenvalue weighted by Gasteiger charge is 2.14. The fourth-order valence-corrected chi connectivity index (χ4v) is 2.92. The van der Waals surface area contributed by atoms with E-state index in [4.69, 9.17) is 4.74 Å². The van der Waals surface area contributed by atoms with Crippen LogP contribution in [0.1, 0.15) is 64.5 Å². The minimum atomic E-state index is 0.164. The number of ether oxygens (including phenoxy) is 1. The van der Waals surface area contributed by atoms with Crippen LogP contribution in [0.3, 0.4) is 0 Å². The van der Waals surface area contributed by atoms with Gasteiger partial charge < -0.3 is 9.64 Å². The molecule has 0 bridgehead atoms. The molecule has 4 nitrogen and oxygen atoms in total. The summed E-state index contributed by atoms with van der Waals surface area (Å²) in [5.41, 5.74) is 4.76. The molecule has 0 saturated carbocycles. The normalized spacial score (nSPS) is 11.7. The molecule has 0 radical (unpaired) electrons. The molecule has 0 atom stereocenters. The summed E-state index contributed by atoms with van der Waals surface area (Å²) >= 11 is 0. The second-order valence-electron chi connectivity index (χ2n) is 7.47. The van der Waals surface area contributed by atoms with E-state index >= 15 is 0 Å². The monoisotopic (exact) mass is 343 g/mol. The second-order valence-corrected chi connectivity index (χ2v) is 7.47. The quantitative estimate of drug-likeness (QED) is 0.678. The molecular formula is C21H33N3O. The molecule has 0 aliphatic carbocycles. The van der Waals surface area contributed by atoms with Crippen LogP contribution < -0.4 is 4.74 Å². The fourth-order valence-electron chi connectivity index (χ4n) is 2.92. The van der Waals surface area contributed by atoms with Gasteiger partial charge in [-0.2, -0.15) is 5.10 Å². The van der Waals surface area contributed by atoms with E-state index in [-0.39, 0.29) is 6.10 Å². The first-order valence-corrected chi connectivity index (χ1v) is 9.43. The Hall–Kier alpha value is -1.81. The highest BCUT2D eigenvalue weighted by Crippen LogP contribution is 2.31. The van der Waals surface area contributed by atoms with Crippen LogP contribution in [0.4, 0.5) is 0 Å². The highest BCUT2D eigenvalue weighted by molar-refractivity contribution is 5.65. The maximum absolute atomic E-state index is 5.97. The van der Waals surface area contributed by atoms with Gasteiger partial charge in [0.2, 0.25) is 0 Å². The SMILES string of the molecule is CCCCN(C)Cc1cn[nH]c1-c1cc(OC(C)C)cc(C(C)C)c1. The predicted octanol–water partition coefficient (Wildman–Crippen LogP) is 5.22. The Morgan fingerprint density at radius 3 is 2.56 bits per heavy atom. The molecule has 1 N–H and O–H groups in total. The zero-order chi connectivity index (χ0) is 18.4. The summed E-state index contributed by atoms with van der Waals surface area (Å²) in [7, 11) is 2.17. The van der Waals surface area contributed by atoms with Gasteiger partial charge in [-0.15, -0.1) is 0 Å². The van der Waals surface area contributed by atoms with Crippen molar-refractivity contribution in [2.75, 3.05) is 13.6 Å². The first-order valence-electron chi connectivity index (χ1n) is 9.43. The van der Waals surface area contributed by atoms with Crippen LogP contribution in [0.15, 0.2) is 24.4 Å². The molecule has 1 aromatic heterocycles. The topological polar surface area (TPSA) is 41.2 Å². The molecule has 1 heterocycles. The van der Waals surface area contributed by atoms with Crippen molar-refractivity contribution in [1.82, 2.24) is 15.1 Å². The molecule has 138 valence electrons. The lowest BCUT2D eigenvalue weighted by atomic mass is 9.98. The third-order valence-corrected chi connectivity index (χ3v) is 4.31. The van der Waals surface area contributed by atoms with Crippen LogP contribution in [0, 0.1) is 0 Å². The van der Waals surface area contributed by atoms with Gasteiger partial charge in [-0.3, -0.25) is 5.10 Å². The van der Waals surface area contributed by atoms with Crippen molar-refractivity contribution in [2.45, 2.75) is 66.0 Å². The average molecular weight is 344 g/mol. The van der Waals surface area contributed by atoms with E-state index in [1.807, 2.05) is 6.20 Å². The summed E-state index contributed by atoms with van der Waals surface area (Å²) in [5.74, 6) is 1.38. The van der Waals surface area contributed by atoms with Gasteiger partial charge in [-0.25, -0.2) is 0 Å². The zero-order valence-corrected chi connectivity index (χ0v) is 16.6. The summed E-state index contributed by atoms with van der Waals surface area (Å²) in [5, 5.41) is 7.50. The van der Waals surface area contributed by atoms with E-state index in [0.29, 0.717) is 5.92 Å². The summed E-state index contributed by atoms with van der Waals surface area (Å²) in [4.78, 5) is 2.36. The van der Waals surface area contributed by atoms with Crippen molar-refractivity contribution in [1.29, 1.82) is 0 Å². The van der Waals surface area contributed by atoms with Crippen LogP contribution in [-0.4, -0.2) is 34.8 Å². The molecular weight excluding hydrogens is 310 g/mol. The zero-order valence-electron chi connectivity index (χ0n) is 16.6. The first-order chi connectivity index (χ1) is 11.9. The highest BCUT2D eigenvalue weighted by atomic mass is 16.5. The number of hydrogen-bond donors (Lipinski definition) is 1. The van der Waals surface area contributed by atoms with Crippen molar-refractivity contribution >= 4 is 0 Å². The van der Waals surface area contributed by atoms with Crippen molar-refractivity contribution in [3.8, 4) is 17.0 Å². The number of aromatic amines is 1. The lowest BCUT2D eigenvalue weighted by molar-refractivity contribution is 0.242. The van der Waals surface area contributed by atoms with E-state index in [1.165, 1.54) is 24.0 Å². The molecule has 0 aliphatic heterocycles. The molecule has 0 unspecified atom stereocenters. The van der Waals surface area contributed by atoms with Crippen molar-refractivity contribution in [2.24, 2.45) is 0 Å². The van der Waals surface area contributed by atoms with Crippen LogP contribution in [-0.2, 0) is 6.54 Å². The van der Waals surface area contributed by atoms with E-state index < -0.39 is 0 Å². The Morgan fingerprint density at radius 1 is 1.16 bits per heavy atom. The Kier molecular flexibility index (Phi) is 7.06. The van der Waals surface area contributed by atoms with Gasteiger partial charge in [0.05, 0.1) is 18.0 Å². The molecule has 25 heavy (non-hydrogen) atoms. The standard InChI is InChI=1S/C21H33N3O/c1-7-8-9-24(6)14-19-13-22-23-21(19)18-10-17(15(2)3)11-20(12-18)25-16(4)5/h10-13,15-16H,7-9,14H2,1-6H3,(H,22,23). The van der Waals surface area contributed by atoms with Crippen LogP contribution in [0.25, 0.3) is 11.3 Å². The van der Waals surface area contributed by atoms with Crippen molar-refractivity contribution in [3.63, 3.8) is 0 Å². The Balaban J connectivity index is 2.31. The molecule has 0 spiro atoms. The minimum Gasteiger partial charge on any atom is -0.491 e. The number of nitrogens with one attached hydrogen (secondary N) is 1. The molecule has 1 aromatic carbocycles. The van der Waals surface area contributed by atoms with Crippen LogP contribution >= 0.6 is 0 Å². The van der Waals surface area contributed by atoms with E-state index in [9.17, 15) is 0 Å². The minimum absolute atomic E-state index is 0.164. The van der Waals surface area contributed by atoms with E-state index in [0.717, 1.165) is 30.1 Å². The second kappa shape index (κ2) is 9.04. The number of nitrogens with zero attached hydrogens (tertiary/aromatic N) is 2. The van der Waals surface area contributed by atoms with Gasteiger partial charge in [0.1, 0.15) is 5.75 Å². The van der Waals surface area contributed by atoms with Gasteiger partial charge >= 0.3 is 0 Å². The first kappa shape index (κ1) is 19.5. The number of H-pyrrole nitrogens is 1. The third-order valence-electron chi connectivity index (χ3n) is 4.31. The molecule has 0 fully saturated rings. The van der Waals surface area contributed by atoms with E-state index in [2.05, 4.69) is 75.0 Å². The predicted molar refractivity (Wildman–Crippen MR) is 105 cm³/mol. The van der Waals surface area contributed by atoms with Crippen LogP contribution in [0.2, 0.25) is 0 Å². The smallest absolute Gasteiger partial charge is 0.120 e. The fraction of sp³-hybridized carbons (Fsp3) is 0.571. The Bertz CT molecular complexity index is 661. The number of rotatable bonds is 9. The number of hydrogen-bond acceptors (Lipinski definition) is 3. The van der Waals surface area contributed by atoms with E-state index in [1.54, 1.807) is 0 Å². The molecule has 4 heteroatoms. The van der Waals surface area contributed by atoms with Gasteiger partial charge in [-0.05, 0) is 63.5 Å². The molecule has 0 aliphatic rings. The number of benzene rings is 1. The largest absolute Gasteiger partial charge is 0.491 e. The summed E-state index contributed by atoms with van der Waals surface area (Å²) < 4.78 is 5.97. The summed E-state index contributed by atoms with van der Waals surface area (Å²) in [6.07, 6.45) is 4.55. The Morgan fingerprint density at radius 2 is 1.92 bits per heavy atom. The average Bonchev–Trinajstić information content (AvgIpc) is 3.00. The number of aromatic nitrogens is 2. The Labute approximate surface area is 152 Å². The number of unbranched alkanes of at least 4 members (excludes halogenated alkanes) is 1. The van der Waals surface area contributed by atoms with Gasteiger partial charge in [0.15, 0.2) is 0 Å².